The van der Waals surface area contributed by atoms with Gasteiger partial charge < -0.3 is 35.2 Å². The van der Waals surface area contributed by atoms with E-state index in [0.29, 0.717) is 0 Å². The van der Waals surface area contributed by atoms with E-state index in [1.807, 2.05) is 10.4 Å². The van der Waals surface area contributed by atoms with Crippen LogP contribution >= 0.6 is 35.1 Å². The second-order valence-corrected chi connectivity index (χ2v) is 10.6. The minimum atomic E-state index is -5.77. The number of hydrogen-bond acceptors (Lipinski definition) is 11. The van der Waals surface area contributed by atoms with E-state index < -0.39 is 65.3 Å². The molecule has 0 spiro atoms. The van der Waals surface area contributed by atoms with E-state index in [2.05, 4.69) is 19.1 Å². The average Bonchev–Trinajstić information content (AvgIpc) is 2.82. The van der Waals surface area contributed by atoms with Crippen LogP contribution in [0.25, 0.3) is 0 Å². The zero-order valence-corrected chi connectivity index (χ0v) is 18.7. The van der Waals surface area contributed by atoms with Gasteiger partial charge in [0.1, 0.15) is 12.2 Å². The quantitative estimate of drug-likeness (QED) is 0.139. The van der Waals surface area contributed by atoms with Gasteiger partial charge in [0, 0.05) is 17.6 Å². The van der Waals surface area contributed by atoms with Gasteiger partial charge in [-0.1, -0.05) is 5.92 Å². The number of nitrogens with two attached hydrogens (primary N) is 1. The van der Waals surface area contributed by atoms with Crippen LogP contribution in [0.1, 0.15) is 6.23 Å². The van der Waals surface area contributed by atoms with Crippen LogP contribution in [-0.2, 0) is 31.6 Å². The number of phosphoric ester groups is 1. The monoisotopic (exact) mass is 541 g/mol. The Morgan fingerprint density at radius 3 is 2.38 bits per heavy atom. The van der Waals surface area contributed by atoms with Gasteiger partial charge in [0.15, 0.2) is 11.8 Å². The van der Waals surface area contributed by atoms with E-state index in [9.17, 15) is 33.3 Å². The molecule has 1 aliphatic rings. The Hall–Kier alpha value is -1.18. The molecule has 180 valence electrons. The molecule has 0 radical (unpaired) electrons. The standard InChI is InChI=1S/C11H15ClN3O14P3/c12-3-2-11(13)8(17)6(27-9(11)15-4-1-7(16)14-10(15)18)5-26-31(22,23)29-32(24,25)28-30(19,20)21/h1,4,6,8-9,17H,5,13H2,(H,22,23)(H,24,25)(H,14,16,18)(H2,19,20,21)/t6-,8+,9-,11?/m1/s1. The SMILES string of the molecule is NC1(C#CCl)[C@@H](O)[C@@H](COP(=O)(O)OP(=O)(O)OP(=O)(O)O)O[C@H]1n1ccc(=O)[nH]c1=O. The number of nitrogens with one attached hydrogen (secondary N) is 1. The molecule has 0 saturated carbocycles. The largest absolute Gasteiger partial charge is 0.490 e. The third kappa shape index (κ3) is 6.67. The van der Waals surface area contributed by atoms with E-state index in [4.69, 9.17) is 36.8 Å². The van der Waals surface area contributed by atoms with Gasteiger partial charge in [0.2, 0.25) is 0 Å². The maximum atomic E-state index is 12.1. The molecule has 17 nitrogen and oxygen atoms in total. The Balaban J connectivity index is 2.24. The summed E-state index contributed by atoms with van der Waals surface area (Å²) in [6.07, 6.45) is -4.14. The summed E-state index contributed by atoms with van der Waals surface area (Å²) in [4.78, 5) is 60.9. The summed E-state index contributed by atoms with van der Waals surface area (Å²) in [5.41, 5.74) is 2.10. The fraction of sp³-hybridized carbons (Fsp3) is 0.455. The molecule has 2 heterocycles. The zero-order chi connectivity index (χ0) is 24.5. The van der Waals surface area contributed by atoms with Crippen molar-refractivity contribution in [3.05, 3.63) is 33.1 Å². The van der Waals surface area contributed by atoms with Crippen LogP contribution in [0.2, 0.25) is 0 Å². The fourth-order valence-electron chi connectivity index (χ4n) is 2.53. The lowest BCUT2D eigenvalue weighted by Gasteiger charge is -2.27. The molecule has 0 amide bonds. The average molecular weight is 542 g/mol. The van der Waals surface area contributed by atoms with Crippen LogP contribution in [-0.4, -0.2) is 58.6 Å². The third-order valence-electron chi connectivity index (χ3n) is 3.74. The summed E-state index contributed by atoms with van der Waals surface area (Å²) in [5.74, 6) is 2.21. The Labute approximate surface area is 182 Å². The molecule has 6 atom stereocenters. The molecule has 1 aromatic rings. The van der Waals surface area contributed by atoms with Gasteiger partial charge in [-0.2, -0.15) is 8.62 Å². The summed E-state index contributed by atoms with van der Waals surface area (Å²) in [7, 11) is -16.9. The Morgan fingerprint density at radius 2 is 1.84 bits per heavy atom. The summed E-state index contributed by atoms with van der Waals surface area (Å²) >= 11 is 5.35. The van der Waals surface area contributed by atoms with Gasteiger partial charge in [-0.15, -0.1) is 0 Å². The summed E-state index contributed by atoms with van der Waals surface area (Å²) in [6, 6.07) is 0.922. The predicted molar refractivity (Wildman–Crippen MR) is 102 cm³/mol. The second kappa shape index (κ2) is 9.59. The van der Waals surface area contributed by atoms with E-state index in [1.165, 1.54) is 0 Å². The highest BCUT2D eigenvalue weighted by atomic mass is 35.5. The van der Waals surface area contributed by atoms with E-state index in [-0.39, 0.29) is 0 Å². The molecule has 1 fully saturated rings. The third-order valence-corrected chi connectivity index (χ3v) is 7.64. The molecule has 8 N–H and O–H groups in total. The maximum Gasteiger partial charge on any atom is 0.490 e. The van der Waals surface area contributed by atoms with Crippen molar-refractivity contribution < 1.29 is 56.3 Å². The molecule has 1 aliphatic heterocycles. The Kier molecular flexibility index (Phi) is 8.11. The van der Waals surface area contributed by atoms with Crippen molar-refractivity contribution in [1.29, 1.82) is 0 Å². The minimum absolute atomic E-state index is 0.733. The molecule has 1 aromatic heterocycles. The van der Waals surface area contributed by atoms with Crippen LogP contribution < -0.4 is 17.0 Å². The molecule has 0 bridgehead atoms. The van der Waals surface area contributed by atoms with Crippen molar-refractivity contribution in [2.24, 2.45) is 5.73 Å². The molecular weight excluding hydrogens is 527 g/mol. The number of nitrogens with zero attached hydrogens (tertiary/aromatic N) is 1. The number of aliphatic hydroxyl groups excluding tert-OH is 1. The normalized spacial score (nSPS) is 29.5. The van der Waals surface area contributed by atoms with Crippen LogP contribution in [0.15, 0.2) is 21.9 Å². The number of aromatic amines is 1. The van der Waals surface area contributed by atoms with Crippen molar-refractivity contribution >= 4 is 35.1 Å². The first-order valence-corrected chi connectivity index (χ1v) is 12.7. The van der Waals surface area contributed by atoms with Gasteiger partial charge >= 0.3 is 29.2 Å². The maximum absolute atomic E-state index is 12.1. The summed E-state index contributed by atoms with van der Waals surface area (Å²) in [5, 5.41) is 12.4. The highest BCUT2D eigenvalue weighted by Gasteiger charge is 2.55. The molecule has 2 rings (SSSR count). The molecule has 32 heavy (non-hydrogen) atoms. The predicted octanol–water partition coefficient (Wildman–Crippen LogP) is -1.96. The van der Waals surface area contributed by atoms with Crippen LogP contribution in [0.3, 0.4) is 0 Å². The number of hydrogen-bond donors (Lipinski definition) is 7. The Bertz CT molecular complexity index is 1180. The van der Waals surface area contributed by atoms with Gasteiger partial charge in [0.05, 0.1) is 6.61 Å². The highest BCUT2D eigenvalue weighted by Crippen LogP contribution is 2.66. The molecule has 0 aliphatic carbocycles. The lowest BCUT2D eigenvalue weighted by molar-refractivity contribution is -0.0468. The first kappa shape index (κ1) is 27.1. The van der Waals surface area contributed by atoms with Crippen molar-refractivity contribution in [3.63, 3.8) is 0 Å². The van der Waals surface area contributed by atoms with Crippen LogP contribution in [0.4, 0.5) is 0 Å². The Morgan fingerprint density at radius 1 is 1.22 bits per heavy atom. The zero-order valence-electron chi connectivity index (χ0n) is 15.2. The number of phosphoric acid groups is 3. The lowest BCUT2D eigenvalue weighted by Crippen LogP contribution is -2.55. The fourth-order valence-corrected chi connectivity index (χ4v) is 5.73. The smallest absolute Gasteiger partial charge is 0.387 e. The number of ether oxygens (including phenoxy) is 1. The van der Waals surface area contributed by atoms with Gasteiger partial charge in [-0.3, -0.25) is 18.9 Å². The van der Waals surface area contributed by atoms with Gasteiger partial charge in [-0.25, -0.2) is 18.5 Å². The van der Waals surface area contributed by atoms with Crippen molar-refractivity contribution in [3.8, 4) is 11.3 Å². The number of aromatic nitrogens is 2. The number of halogens is 1. The minimum Gasteiger partial charge on any atom is -0.387 e. The highest BCUT2D eigenvalue weighted by molar-refractivity contribution is 7.66. The van der Waals surface area contributed by atoms with Crippen LogP contribution in [0.5, 0.6) is 0 Å². The first-order chi connectivity index (χ1) is 14.5. The molecule has 21 heteroatoms. The molecule has 3 unspecified atom stereocenters. The molecular formula is C11H15ClN3O14P3. The van der Waals surface area contributed by atoms with Crippen LogP contribution in [0, 0.1) is 11.3 Å². The molecule has 1 saturated heterocycles. The summed E-state index contributed by atoms with van der Waals surface area (Å²) < 4.78 is 51.4. The van der Waals surface area contributed by atoms with E-state index in [1.54, 1.807) is 0 Å². The lowest BCUT2D eigenvalue weighted by atomic mass is 9.92. The van der Waals surface area contributed by atoms with Crippen molar-refractivity contribution in [2.75, 3.05) is 6.61 Å². The number of aliphatic hydroxyl groups is 1. The second-order valence-electron chi connectivity index (χ2n) is 6.03. The van der Waals surface area contributed by atoms with Gasteiger partial charge in [0.25, 0.3) is 5.56 Å². The van der Waals surface area contributed by atoms with E-state index in [0.717, 1.165) is 16.8 Å². The number of rotatable bonds is 8. The first-order valence-electron chi connectivity index (χ1n) is 7.85. The van der Waals surface area contributed by atoms with Crippen molar-refractivity contribution in [2.45, 2.75) is 24.0 Å². The topological polar surface area (TPSA) is 270 Å². The molecule has 0 aromatic carbocycles. The van der Waals surface area contributed by atoms with Crippen molar-refractivity contribution in [1.82, 2.24) is 9.55 Å². The number of H-pyrrole nitrogens is 1. The van der Waals surface area contributed by atoms with E-state index >= 15 is 0 Å². The summed E-state index contributed by atoms with van der Waals surface area (Å²) in [6.45, 7) is -1.08. The van der Waals surface area contributed by atoms with Gasteiger partial charge in [-0.05, 0) is 11.6 Å².